The summed E-state index contributed by atoms with van der Waals surface area (Å²) in [6.45, 7) is 2.28. The summed E-state index contributed by atoms with van der Waals surface area (Å²) in [5, 5.41) is 5.39. The Morgan fingerprint density at radius 2 is 1.80 bits per heavy atom. The highest BCUT2D eigenvalue weighted by Crippen LogP contribution is 2.17. The summed E-state index contributed by atoms with van der Waals surface area (Å²) in [4.78, 5) is 24.8. The Hall–Kier alpha value is -2.60. The van der Waals surface area contributed by atoms with Gasteiger partial charge in [0.25, 0.3) is 11.8 Å². The first-order valence-corrected chi connectivity index (χ1v) is 8.54. The SMILES string of the molecule is CCNC(=O)/C(=C\c1ccc(OC)cc1)NC(=O)c1ccccc1Br. The summed E-state index contributed by atoms with van der Waals surface area (Å²) in [6, 6.07) is 14.2. The number of methoxy groups -OCH3 is 1. The molecule has 2 aromatic carbocycles. The van der Waals surface area contributed by atoms with Gasteiger partial charge in [0.2, 0.25) is 0 Å². The molecule has 2 N–H and O–H groups in total. The predicted octanol–water partition coefficient (Wildman–Crippen LogP) is 3.36. The number of amides is 2. The van der Waals surface area contributed by atoms with E-state index < -0.39 is 0 Å². The van der Waals surface area contributed by atoms with E-state index in [0.29, 0.717) is 22.3 Å². The lowest BCUT2D eigenvalue weighted by atomic mass is 10.1. The molecule has 2 amide bonds. The average Bonchev–Trinajstić information content (AvgIpc) is 2.62. The summed E-state index contributed by atoms with van der Waals surface area (Å²) in [5.41, 5.74) is 1.40. The molecular formula is C19H19BrN2O3. The van der Waals surface area contributed by atoms with E-state index in [0.717, 1.165) is 5.56 Å². The maximum atomic E-state index is 12.5. The van der Waals surface area contributed by atoms with Crippen molar-refractivity contribution in [3.63, 3.8) is 0 Å². The zero-order valence-electron chi connectivity index (χ0n) is 14.0. The molecule has 2 aromatic rings. The van der Waals surface area contributed by atoms with E-state index >= 15 is 0 Å². The topological polar surface area (TPSA) is 67.4 Å². The van der Waals surface area contributed by atoms with Crippen LogP contribution in [0.5, 0.6) is 5.75 Å². The van der Waals surface area contributed by atoms with Gasteiger partial charge in [-0.25, -0.2) is 0 Å². The van der Waals surface area contributed by atoms with Crippen molar-refractivity contribution < 1.29 is 14.3 Å². The Bertz CT molecular complexity index is 786. The van der Waals surface area contributed by atoms with Crippen LogP contribution in [0, 0.1) is 0 Å². The van der Waals surface area contributed by atoms with Gasteiger partial charge in [-0.05, 0) is 58.8 Å². The zero-order valence-corrected chi connectivity index (χ0v) is 15.6. The standard InChI is InChI=1S/C19H19BrN2O3/c1-3-21-19(24)17(12-13-8-10-14(25-2)11-9-13)22-18(23)15-6-4-5-7-16(15)20/h4-12H,3H2,1-2H3,(H,21,24)(H,22,23)/b17-12+. The van der Waals surface area contributed by atoms with E-state index in [1.807, 2.05) is 25.1 Å². The first-order chi connectivity index (χ1) is 12.0. The molecule has 0 saturated heterocycles. The second-order valence-electron chi connectivity index (χ2n) is 5.12. The van der Waals surface area contributed by atoms with Crippen molar-refractivity contribution in [2.75, 3.05) is 13.7 Å². The van der Waals surface area contributed by atoms with E-state index in [1.165, 1.54) is 0 Å². The van der Waals surface area contributed by atoms with Gasteiger partial charge >= 0.3 is 0 Å². The summed E-state index contributed by atoms with van der Waals surface area (Å²) in [5.74, 6) is 0.00572. The van der Waals surface area contributed by atoms with Crippen molar-refractivity contribution >= 4 is 33.8 Å². The third-order valence-electron chi connectivity index (χ3n) is 3.38. The van der Waals surface area contributed by atoms with E-state index in [4.69, 9.17) is 4.74 Å². The third-order valence-corrected chi connectivity index (χ3v) is 4.07. The van der Waals surface area contributed by atoms with Crippen molar-refractivity contribution in [3.8, 4) is 5.75 Å². The molecule has 0 radical (unpaired) electrons. The Balaban J connectivity index is 2.29. The maximum absolute atomic E-state index is 12.5. The molecule has 0 spiro atoms. The number of benzene rings is 2. The fourth-order valence-corrected chi connectivity index (χ4v) is 2.58. The zero-order chi connectivity index (χ0) is 18.2. The van der Waals surface area contributed by atoms with Crippen LogP contribution in [0.2, 0.25) is 0 Å². The molecule has 2 rings (SSSR count). The Kier molecular flexibility index (Phi) is 6.77. The second kappa shape index (κ2) is 9.03. The molecule has 0 aliphatic heterocycles. The summed E-state index contributed by atoms with van der Waals surface area (Å²) in [6.07, 6.45) is 1.62. The molecule has 25 heavy (non-hydrogen) atoms. The molecular weight excluding hydrogens is 384 g/mol. The predicted molar refractivity (Wildman–Crippen MR) is 101 cm³/mol. The van der Waals surface area contributed by atoms with Gasteiger partial charge in [-0.15, -0.1) is 0 Å². The Morgan fingerprint density at radius 1 is 1.12 bits per heavy atom. The number of carbonyl (C=O) groups is 2. The number of hydrogen-bond acceptors (Lipinski definition) is 3. The minimum atomic E-state index is -0.363. The van der Waals surface area contributed by atoms with Crippen molar-refractivity contribution in [2.45, 2.75) is 6.92 Å². The van der Waals surface area contributed by atoms with Crippen LogP contribution in [-0.4, -0.2) is 25.5 Å². The fraction of sp³-hybridized carbons (Fsp3) is 0.158. The van der Waals surface area contributed by atoms with Crippen LogP contribution in [-0.2, 0) is 4.79 Å². The number of ether oxygens (including phenoxy) is 1. The first kappa shape index (κ1) is 18.7. The quantitative estimate of drug-likeness (QED) is 0.727. The number of halogens is 1. The van der Waals surface area contributed by atoms with Gasteiger partial charge in [0.15, 0.2) is 0 Å². The smallest absolute Gasteiger partial charge is 0.267 e. The highest BCUT2D eigenvalue weighted by molar-refractivity contribution is 9.10. The third kappa shape index (κ3) is 5.19. The van der Waals surface area contributed by atoms with E-state index in [9.17, 15) is 9.59 Å². The van der Waals surface area contributed by atoms with Crippen LogP contribution in [0.15, 0.2) is 58.7 Å². The molecule has 0 saturated carbocycles. The largest absolute Gasteiger partial charge is 0.497 e. The van der Waals surface area contributed by atoms with E-state index in [1.54, 1.807) is 43.5 Å². The molecule has 5 nitrogen and oxygen atoms in total. The van der Waals surface area contributed by atoms with Crippen LogP contribution in [0.1, 0.15) is 22.8 Å². The van der Waals surface area contributed by atoms with Gasteiger partial charge in [0.1, 0.15) is 11.4 Å². The average molecular weight is 403 g/mol. The van der Waals surface area contributed by atoms with Crippen molar-refractivity contribution in [1.29, 1.82) is 0 Å². The number of hydrogen-bond donors (Lipinski definition) is 2. The van der Waals surface area contributed by atoms with Crippen LogP contribution in [0.25, 0.3) is 6.08 Å². The normalized spacial score (nSPS) is 10.9. The molecule has 130 valence electrons. The first-order valence-electron chi connectivity index (χ1n) is 7.75. The molecule has 0 fully saturated rings. The molecule has 0 aliphatic rings. The molecule has 0 aliphatic carbocycles. The van der Waals surface area contributed by atoms with Gasteiger partial charge < -0.3 is 15.4 Å². The molecule has 0 unspecified atom stereocenters. The van der Waals surface area contributed by atoms with Gasteiger partial charge in [0, 0.05) is 11.0 Å². The summed E-state index contributed by atoms with van der Waals surface area (Å²) in [7, 11) is 1.59. The van der Waals surface area contributed by atoms with Crippen molar-refractivity contribution in [2.24, 2.45) is 0 Å². The monoisotopic (exact) mass is 402 g/mol. The highest BCUT2D eigenvalue weighted by atomic mass is 79.9. The number of nitrogens with one attached hydrogen (secondary N) is 2. The van der Waals surface area contributed by atoms with Crippen molar-refractivity contribution in [1.82, 2.24) is 10.6 Å². The lowest BCUT2D eigenvalue weighted by Crippen LogP contribution is -2.34. The van der Waals surface area contributed by atoms with E-state index in [2.05, 4.69) is 26.6 Å². The van der Waals surface area contributed by atoms with Gasteiger partial charge in [-0.1, -0.05) is 24.3 Å². The maximum Gasteiger partial charge on any atom is 0.267 e. The second-order valence-corrected chi connectivity index (χ2v) is 5.98. The molecule has 6 heteroatoms. The van der Waals surface area contributed by atoms with Crippen LogP contribution < -0.4 is 15.4 Å². The minimum absolute atomic E-state index is 0.174. The van der Waals surface area contributed by atoms with Gasteiger partial charge in [-0.3, -0.25) is 9.59 Å². The van der Waals surface area contributed by atoms with E-state index in [-0.39, 0.29) is 17.5 Å². The fourth-order valence-electron chi connectivity index (χ4n) is 2.12. The molecule has 0 heterocycles. The van der Waals surface area contributed by atoms with Gasteiger partial charge in [0.05, 0.1) is 12.7 Å². The van der Waals surface area contributed by atoms with Crippen molar-refractivity contribution in [3.05, 3.63) is 69.8 Å². The minimum Gasteiger partial charge on any atom is -0.497 e. The number of carbonyl (C=O) groups excluding carboxylic acids is 2. The molecule has 0 bridgehead atoms. The summed E-state index contributed by atoms with van der Waals surface area (Å²) >= 11 is 3.34. The molecule has 0 aromatic heterocycles. The Labute approximate surface area is 155 Å². The lowest BCUT2D eigenvalue weighted by molar-refractivity contribution is -0.117. The Morgan fingerprint density at radius 3 is 2.40 bits per heavy atom. The van der Waals surface area contributed by atoms with Crippen LogP contribution in [0.4, 0.5) is 0 Å². The lowest BCUT2D eigenvalue weighted by Gasteiger charge is -2.11. The number of likely N-dealkylation sites (N-methyl/N-ethyl adjacent to an activating group) is 1. The van der Waals surface area contributed by atoms with Gasteiger partial charge in [-0.2, -0.15) is 0 Å². The van der Waals surface area contributed by atoms with Crippen LogP contribution in [0.3, 0.4) is 0 Å². The highest BCUT2D eigenvalue weighted by Gasteiger charge is 2.15. The van der Waals surface area contributed by atoms with Crippen LogP contribution >= 0.6 is 15.9 Å². The number of rotatable bonds is 6. The molecule has 0 atom stereocenters. The summed E-state index contributed by atoms with van der Waals surface area (Å²) < 4.78 is 5.78.